The van der Waals surface area contributed by atoms with Crippen LogP contribution in [-0.4, -0.2) is 10.9 Å². The quantitative estimate of drug-likeness (QED) is 0.907. The molecule has 0 bridgehead atoms. The van der Waals surface area contributed by atoms with E-state index in [-0.39, 0.29) is 11.8 Å². The maximum Gasteiger partial charge on any atom is 0.224 e. The van der Waals surface area contributed by atoms with Gasteiger partial charge in [-0.15, -0.1) is 0 Å². The summed E-state index contributed by atoms with van der Waals surface area (Å²) < 4.78 is 0. The number of amides is 1. The molecular weight excluding hydrogens is 272 g/mol. The smallest absolute Gasteiger partial charge is 0.224 e. The maximum atomic E-state index is 11.8. The van der Waals surface area contributed by atoms with Crippen LogP contribution in [0.3, 0.4) is 0 Å². The van der Waals surface area contributed by atoms with Crippen LogP contribution in [0, 0.1) is 19.8 Å². The van der Waals surface area contributed by atoms with Crippen molar-refractivity contribution in [1.29, 1.82) is 0 Å². The van der Waals surface area contributed by atoms with Crippen LogP contribution in [0.15, 0.2) is 36.4 Å². The minimum Gasteiger partial charge on any atom is -0.369 e. The molecule has 22 heavy (non-hydrogen) atoms. The third-order valence-corrected chi connectivity index (χ3v) is 3.73. The molecule has 1 aromatic heterocycles. The SMILES string of the molecule is Cc1cc(C)nc(-c2cccc(C(CC(C)C)C(N)=O)c2)c1. The van der Waals surface area contributed by atoms with Gasteiger partial charge >= 0.3 is 0 Å². The van der Waals surface area contributed by atoms with E-state index in [0.717, 1.165) is 28.9 Å². The van der Waals surface area contributed by atoms with Crippen molar-refractivity contribution in [2.75, 3.05) is 0 Å². The Bertz CT molecular complexity index is 657. The number of hydrogen-bond donors (Lipinski definition) is 1. The molecule has 3 nitrogen and oxygen atoms in total. The highest BCUT2D eigenvalue weighted by Gasteiger charge is 2.19. The topological polar surface area (TPSA) is 56.0 Å². The molecule has 0 spiro atoms. The van der Waals surface area contributed by atoms with Crippen molar-refractivity contribution in [3.05, 3.63) is 53.2 Å². The van der Waals surface area contributed by atoms with Gasteiger partial charge < -0.3 is 5.73 Å². The number of benzene rings is 1. The second kappa shape index (κ2) is 6.73. The number of nitrogens with two attached hydrogens (primary N) is 1. The van der Waals surface area contributed by atoms with Gasteiger partial charge in [0.1, 0.15) is 0 Å². The molecule has 1 heterocycles. The minimum atomic E-state index is -0.265. The number of carbonyl (C=O) groups is 1. The van der Waals surface area contributed by atoms with Gasteiger partial charge in [-0.05, 0) is 55.5 Å². The minimum absolute atomic E-state index is 0.245. The van der Waals surface area contributed by atoms with Crippen molar-refractivity contribution in [2.45, 2.75) is 40.0 Å². The largest absolute Gasteiger partial charge is 0.369 e. The van der Waals surface area contributed by atoms with Crippen molar-refractivity contribution in [2.24, 2.45) is 11.7 Å². The van der Waals surface area contributed by atoms with Crippen LogP contribution < -0.4 is 5.73 Å². The predicted molar refractivity (Wildman–Crippen MR) is 90.5 cm³/mol. The summed E-state index contributed by atoms with van der Waals surface area (Å²) in [5.41, 5.74) is 10.7. The molecule has 1 aromatic carbocycles. The van der Waals surface area contributed by atoms with Gasteiger partial charge in [-0.25, -0.2) is 0 Å². The monoisotopic (exact) mass is 296 g/mol. The highest BCUT2D eigenvalue weighted by atomic mass is 16.1. The first-order valence-electron chi connectivity index (χ1n) is 7.71. The Balaban J connectivity index is 2.42. The van der Waals surface area contributed by atoms with E-state index in [0.29, 0.717) is 5.92 Å². The van der Waals surface area contributed by atoms with E-state index in [2.05, 4.69) is 37.9 Å². The van der Waals surface area contributed by atoms with E-state index >= 15 is 0 Å². The number of primary amides is 1. The summed E-state index contributed by atoms with van der Waals surface area (Å²) >= 11 is 0. The lowest BCUT2D eigenvalue weighted by molar-refractivity contribution is -0.119. The number of aromatic nitrogens is 1. The first-order valence-corrected chi connectivity index (χ1v) is 7.71. The summed E-state index contributed by atoms with van der Waals surface area (Å²) in [6, 6.07) is 12.1. The van der Waals surface area contributed by atoms with Crippen LogP contribution in [0.4, 0.5) is 0 Å². The van der Waals surface area contributed by atoms with Crippen LogP contribution in [0.5, 0.6) is 0 Å². The molecule has 2 rings (SSSR count). The first-order chi connectivity index (χ1) is 10.4. The molecule has 0 radical (unpaired) electrons. The molecule has 1 amide bonds. The number of pyridine rings is 1. The highest BCUT2D eigenvalue weighted by Crippen LogP contribution is 2.28. The van der Waals surface area contributed by atoms with Crippen molar-refractivity contribution < 1.29 is 4.79 Å². The summed E-state index contributed by atoms with van der Waals surface area (Å²) in [7, 11) is 0. The van der Waals surface area contributed by atoms with Gasteiger partial charge in [-0.3, -0.25) is 9.78 Å². The Morgan fingerprint density at radius 1 is 1.18 bits per heavy atom. The lowest BCUT2D eigenvalue weighted by atomic mass is 9.88. The molecule has 0 saturated heterocycles. The van der Waals surface area contributed by atoms with Gasteiger partial charge in [0.25, 0.3) is 0 Å². The highest BCUT2D eigenvalue weighted by molar-refractivity contribution is 5.82. The zero-order valence-corrected chi connectivity index (χ0v) is 13.8. The molecule has 0 aliphatic rings. The van der Waals surface area contributed by atoms with E-state index in [1.54, 1.807) is 0 Å². The van der Waals surface area contributed by atoms with Gasteiger partial charge in [0.15, 0.2) is 0 Å². The second-order valence-electron chi connectivity index (χ2n) is 6.38. The number of carbonyl (C=O) groups excluding carboxylic acids is 1. The van der Waals surface area contributed by atoms with E-state index in [1.165, 1.54) is 5.56 Å². The molecule has 0 saturated carbocycles. The van der Waals surface area contributed by atoms with Crippen LogP contribution in [-0.2, 0) is 4.79 Å². The van der Waals surface area contributed by atoms with Crippen LogP contribution in [0.2, 0.25) is 0 Å². The first kappa shape index (κ1) is 16.2. The second-order valence-corrected chi connectivity index (χ2v) is 6.38. The summed E-state index contributed by atoms with van der Waals surface area (Å²) in [5.74, 6) is -0.0921. The molecule has 1 atom stereocenters. The van der Waals surface area contributed by atoms with E-state index < -0.39 is 0 Å². The third kappa shape index (κ3) is 3.94. The molecule has 0 aliphatic carbocycles. The van der Waals surface area contributed by atoms with Crippen LogP contribution >= 0.6 is 0 Å². The van der Waals surface area contributed by atoms with Crippen molar-refractivity contribution >= 4 is 5.91 Å². The average molecular weight is 296 g/mol. The van der Waals surface area contributed by atoms with Gasteiger partial charge in [0, 0.05) is 11.3 Å². The maximum absolute atomic E-state index is 11.8. The molecular formula is C19H24N2O. The lowest BCUT2D eigenvalue weighted by Crippen LogP contribution is -2.22. The van der Waals surface area contributed by atoms with Crippen molar-refractivity contribution in [3.63, 3.8) is 0 Å². The van der Waals surface area contributed by atoms with Crippen molar-refractivity contribution in [1.82, 2.24) is 4.98 Å². The summed E-state index contributed by atoms with van der Waals surface area (Å²) in [5, 5.41) is 0. The van der Waals surface area contributed by atoms with Gasteiger partial charge in [0.2, 0.25) is 5.91 Å². The number of nitrogens with zero attached hydrogens (tertiary/aromatic N) is 1. The average Bonchev–Trinajstić information content (AvgIpc) is 2.43. The fraction of sp³-hybridized carbons (Fsp3) is 0.368. The lowest BCUT2D eigenvalue weighted by Gasteiger charge is -2.17. The summed E-state index contributed by atoms with van der Waals surface area (Å²) in [6.45, 7) is 8.26. The van der Waals surface area contributed by atoms with Gasteiger partial charge in [-0.2, -0.15) is 0 Å². The summed E-state index contributed by atoms with van der Waals surface area (Å²) in [4.78, 5) is 16.4. The fourth-order valence-electron chi connectivity index (χ4n) is 2.79. The number of rotatable bonds is 5. The van der Waals surface area contributed by atoms with Crippen LogP contribution in [0.1, 0.15) is 43.0 Å². The molecule has 2 N–H and O–H groups in total. The van der Waals surface area contributed by atoms with Gasteiger partial charge in [-0.1, -0.05) is 32.0 Å². The number of aryl methyl sites for hydroxylation is 2. The summed E-state index contributed by atoms with van der Waals surface area (Å²) in [6.07, 6.45) is 0.763. The fourth-order valence-corrected chi connectivity index (χ4v) is 2.79. The van der Waals surface area contributed by atoms with E-state index in [4.69, 9.17) is 5.73 Å². The van der Waals surface area contributed by atoms with Gasteiger partial charge in [0.05, 0.1) is 11.6 Å². The molecule has 0 aliphatic heterocycles. The van der Waals surface area contributed by atoms with Crippen molar-refractivity contribution in [3.8, 4) is 11.3 Å². The Hall–Kier alpha value is -2.16. The Morgan fingerprint density at radius 3 is 2.50 bits per heavy atom. The molecule has 2 aromatic rings. The predicted octanol–water partition coefficient (Wildman–Crippen LogP) is 3.98. The zero-order chi connectivity index (χ0) is 16.3. The van der Waals surface area contributed by atoms with E-state index in [1.807, 2.05) is 31.2 Å². The zero-order valence-electron chi connectivity index (χ0n) is 13.8. The Labute approximate surface area is 132 Å². The molecule has 1 unspecified atom stereocenters. The Kier molecular flexibility index (Phi) is 4.96. The molecule has 116 valence electrons. The van der Waals surface area contributed by atoms with E-state index in [9.17, 15) is 4.79 Å². The molecule has 0 fully saturated rings. The Morgan fingerprint density at radius 2 is 1.91 bits per heavy atom. The third-order valence-electron chi connectivity index (χ3n) is 3.73. The molecule has 3 heteroatoms. The normalized spacial score (nSPS) is 12.4. The number of hydrogen-bond acceptors (Lipinski definition) is 2. The standard InChI is InChI=1S/C19H24N2O/c1-12(2)8-17(19(20)22)15-6-5-7-16(11-15)18-10-13(3)9-14(4)21-18/h5-7,9-12,17H,8H2,1-4H3,(H2,20,22). The van der Waals surface area contributed by atoms with Crippen LogP contribution in [0.25, 0.3) is 11.3 Å².